The monoisotopic (exact) mass is 513 g/mol. The van der Waals surface area contributed by atoms with Crippen LogP contribution in [0.15, 0.2) is 28.0 Å². The van der Waals surface area contributed by atoms with E-state index in [0.717, 1.165) is 24.8 Å². The van der Waals surface area contributed by atoms with E-state index < -0.39 is 0 Å². The Balaban J connectivity index is 1.82. The van der Waals surface area contributed by atoms with Gasteiger partial charge in [-0.1, -0.05) is 37.0 Å². The molecular weight excluding hydrogens is 478 g/mol. The van der Waals surface area contributed by atoms with Crippen molar-refractivity contribution in [2.45, 2.75) is 90.9 Å². The molecule has 2 aromatic rings. The third-order valence-corrected chi connectivity index (χ3v) is 8.00. The highest BCUT2D eigenvalue weighted by Crippen LogP contribution is 2.36. The number of nitrogens with zero attached hydrogens (tertiary/aromatic N) is 3. The van der Waals surface area contributed by atoms with Gasteiger partial charge in [-0.3, -0.25) is 18.9 Å². The van der Waals surface area contributed by atoms with Crippen LogP contribution in [-0.4, -0.2) is 47.7 Å². The number of anilines is 1. The first-order valence-electron chi connectivity index (χ1n) is 12.2. The third kappa shape index (κ3) is 5.32. The Bertz CT molecular complexity index is 1260. The highest BCUT2D eigenvalue weighted by atomic mass is 32.2. The number of carbonyl (C=O) groups is 1. The van der Waals surface area contributed by atoms with E-state index in [-0.39, 0.29) is 34.6 Å². The van der Waals surface area contributed by atoms with Gasteiger partial charge in [0.25, 0.3) is 11.5 Å². The average Bonchev–Trinajstić information content (AvgIpc) is 3.01. The maximum absolute atomic E-state index is 13.7. The number of piperidine rings is 1. The predicted octanol–water partition coefficient (Wildman–Crippen LogP) is 4.72. The van der Waals surface area contributed by atoms with Gasteiger partial charge < -0.3 is 10.6 Å². The lowest BCUT2D eigenvalue weighted by molar-refractivity contribution is -0.123. The molecule has 2 aromatic heterocycles. The van der Waals surface area contributed by atoms with Crippen LogP contribution in [0, 0.1) is 6.92 Å². The fourth-order valence-corrected chi connectivity index (χ4v) is 6.73. The Kier molecular flexibility index (Phi) is 6.89. The summed E-state index contributed by atoms with van der Waals surface area (Å²) in [5.41, 5.74) is 1.56. The zero-order valence-corrected chi connectivity index (χ0v) is 23.2. The molecule has 0 aromatic carbocycles. The summed E-state index contributed by atoms with van der Waals surface area (Å²) in [6.45, 7) is 14.7. The van der Waals surface area contributed by atoms with E-state index in [4.69, 9.17) is 17.2 Å². The van der Waals surface area contributed by atoms with Crippen molar-refractivity contribution in [2.75, 3.05) is 5.32 Å². The van der Waals surface area contributed by atoms with Crippen LogP contribution in [0.2, 0.25) is 0 Å². The second kappa shape index (κ2) is 9.33. The number of aryl methyl sites for hydroxylation is 1. The second-order valence-electron chi connectivity index (χ2n) is 11.1. The average molecular weight is 514 g/mol. The molecule has 0 saturated carbocycles. The van der Waals surface area contributed by atoms with Crippen molar-refractivity contribution in [3.8, 4) is 0 Å². The summed E-state index contributed by atoms with van der Waals surface area (Å²) in [5, 5.41) is 7.27. The molecule has 4 rings (SSSR count). The highest BCUT2D eigenvalue weighted by molar-refractivity contribution is 8.26. The van der Waals surface area contributed by atoms with E-state index in [0.29, 0.717) is 26.3 Å². The van der Waals surface area contributed by atoms with Gasteiger partial charge in [0, 0.05) is 29.4 Å². The van der Waals surface area contributed by atoms with Crippen molar-refractivity contribution in [3.05, 3.63) is 44.7 Å². The van der Waals surface area contributed by atoms with Gasteiger partial charge in [-0.25, -0.2) is 4.98 Å². The molecule has 1 amide bonds. The molecule has 0 aliphatic carbocycles. The van der Waals surface area contributed by atoms with Crippen molar-refractivity contribution in [1.82, 2.24) is 19.6 Å². The van der Waals surface area contributed by atoms with Crippen LogP contribution in [0.4, 0.5) is 5.82 Å². The summed E-state index contributed by atoms with van der Waals surface area (Å²) in [5.74, 6) is 0.351. The van der Waals surface area contributed by atoms with E-state index in [2.05, 4.69) is 38.3 Å². The normalized spacial score (nSPS) is 22.3. The fourth-order valence-electron chi connectivity index (χ4n) is 5.29. The van der Waals surface area contributed by atoms with Gasteiger partial charge in [-0.2, -0.15) is 0 Å². The zero-order chi connectivity index (χ0) is 25.7. The minimum absolute atomic E-state index is 0.00340. The minimum atomic E-state index is -0.206. The molecule has 0 spiro atoms. The molecule has 2 aliphatic rings. The molecule has 188 valence electrons. The molecule has 2 N–H and O–H groups in total. The molecule has 2 fully saturated rings. The van der Waals surface area contributed by atoms with Crippen molar-refractivity contribution in [3.63, 3.8) is 0 Å². The van der Waals surface area contributed by atoms with Gasteiger partial charge in [-0.05, 0) is 78.5 Å². The summed E-state index contributed by atoms with van der Waals surface area (Å²) < 4.78 is 2.08. The van der Waals surface area contributed by atoms with Crippen LogP contribution in [0.1, 0.15) is 71.9 Å². The molecule has 9 heteroatoms. The van der Waals surface area contributed by atoms with Crippen molar-refractivity contribution in [2.24, 2.45) is 0 Å². The third-order valence-electron chi connectivity index (χ3n) is 6.67. The molecule has 35 heavy (non-hydrogen) atoms. The van der Waals surface area contributed by atoms with Gasteiger partial charge in [0.2, 0.25) is 0 Å². The van der Waals surface area contributed by atoms with Crippen LogP contribution in [-0.2, 0) is 4.79 Å². The summed E-state index contributed by atoms with van der Waals surface area (Å²) in [4.78, 5) is 33.9. The van der Waals surface area contributed by atoms with Crippen LogP contribution in [0.5, 0.6) is 0 Å². The number of hydrogen-bond acceptors (Lipinski definition) is 7. The zero-order valence-electron chi connectivity index (χ0n) is 21.6. The summed E-state index contributed by atoms with van der Waals surface area (Å²) in [6.07, 6.45) is 6.01. The topological polar surface area (TPSA) is 78.7 Å². The van der Waals surface area contributed by atoms with Gasteiger partial charge in [0.15, 0.2) is 0 Å². The van der Waals surface area contributed by atoms with Gasteiger partial charge in [0.1, 0.15) is 15.8 Å². The Labute approximate surface area is 216 Å². The minimum Gasteiger partial charge on any atom is -0.366 e. The van der Waals surface area contributed by atoms with E-state index in [1.807, 2.05) is 32.9 Å². The largest absolute Gasteiger partial charge is 0.366 e. The number of pyridine rings is 1. The number of hydrogen-bond donors (Lipinski definition) is 2. The summed E-state index contributed by atoms with van der Waals surface area (Å²) >= 11 is 6.75. The van der Waals surface area contributed by atoms with Crippen LogP contribution in [0.3, 0.4) is 0 Å². The number of aromatic nitrogens is 2. The SMILES string of the molecule is CC[C@@H](C)N1C(=O)/C(=C/c2c(NC3CC(C)(C)NC(C)(C)C3)nc3ccc(C)cn3c2=O)SC1=S. The Morgan fingerprint density at radius 1 is 1.26 bits per heavy atom. The fraction of sp³-hybridized carbons (Fsp3) is 0.538. The predicted molar refractivity (Wildman–Crippen MR) is 149 cm³/mol. The maximum atomic E-state index is 13.7. The lowest BCUT2D eigenvalue weighted by atomic mass is 9.79. The molecule has 2 aliphatic heterocycles. The highest BCUT2D eigenvalue weighted by Gasteiger charge is 2.39. The molecular formula is C26H35N5O2S2. The molecule has 0 bridgehead atoms. The van der Waals surface area contributed by atoms with Crippen LogP contribution in [0.25, 0.3) is 11.7 Å². The maximum Gasteiger partial charge on any atom is 0.267 e. The van der Waals surface area contributed by atoms with Crippen LogP contribution < -0.4 is 16.2 Å². The van der Waals surface area contributed by atoms with Crippen molar-refractivity contribution in [1.29, 1.82) is 0 Å². The quantitative estimate of drug-likeness (QED) is 0.442. The van der Waals surface area contributed by atoms with Gasteiger partial charge in [-0.15, -0.1) is 0 Å². The van der Waals surface area contributed by atoms with Crippen LogP contribution >= 0.6 is 24.0 Å². The molecule has 7 nitrogen and oxygen atoms in total. The molecule has 1 atom stereocenters. The van der Waals surface area contributed by atoms with Gasteiger partial charge >= 0.3 is 0 Å². The Hall–Kier alpha value is -2.23. The molecule has 2 saturated heterocycles. The number of thioether (sulfide) groups is 1. The first-order valence-corrected chi connectivity index (χ1v) is 13.4. The lowest BCUT2D eigenvalue weighted by Crippen LogP contribution is -2.60. The smallest absolute Gasteiger partial charge is 0.267 e. The lowest BCUT2D eigenvalue weighted by Gasteiger charge is -2.46. The number of carbonyl (C=O) groups excluding carboxylic acids is 1. The standard InChI is InChI=1S/C26H35N5O2S2/c1-8-16(3)31-23(33)19(35-24(31)34)11-18-21(27-17-12-25(4,5)29-26(6,7)13-17)28-20-10-9-15(2)14-30(20)22(18)32/h9-11,14,16-17,27,29H,8,12-13H2,1-7H3/b19-11-/t16-/m1/s1. The first-order chi connectivity index (χ1) is 16.3. The molecule has 4 heterocycles. The van der Waals surface area contributed by atoms with E-state index >= 15 is 0 Å². The number of thiocarbonyl (C=S) groups is 1. The summed E-state index contributed by atoms with van der Waals surface area (Å²) in [7, 11) is 0. The Morgan fingerprint density at radius 3 is 2.54 bits per heavy atom. The number of nitrogens with one attached hydrogen (secondary N) is 2. The van der Waals surface area contributed by atoms with E-state index in [1.54, 1.807) is 21.6 Å². The molecule has 0 radical (unpaired) electrons. The van der Waals surface area contributed by atoms with Crippen molar-refractivity contribution >= 4 is 51.7 Å². The van der Waals surface area contributed by atoms with E-state index in [1.165, 1.54) is 11.8 Å². The first kappa shape index (κ1) is 25.9. The van der Waals surface area contributed by atoms with Crippen molar-refractivity contribution < 1.29 is 4.79 Å². The number of fused-ring (bicyclic) bond motifs is 1. The Morgan fingerprint density at radius 2 is 1.91 bits per heavy atom. The second-order valence-corrected chi connectivity index (χ2v) is 12.7. The summed E-state index contributed by atoms with van der Waals surface area (Å²) in [6, 6.07) is 3.91. The number of rotatable bonds is 5. The van der Waals surface area contributed by atoms with Gasteiger partial charge in [0.05, 0.1) is 10.5 Å². The van der Waals surface area contributed by atoms with E-state index in [9.17, 15) is 9.59 Å². The molecule has 0 unspecified atom stereocenters. The number of amides is 1.